The van der Waals surface area contributed by atoms with Crippen molar-refractivity contribution in [3.8, 4) is 0 Å². The van der Waals surface area contributed by atoms with Crippen LogP contribution in [0.1, 0.15) is 380 Å². The maximum Gasteiger partial charge on any atom is 0.472 e. The Balaban J connectivity index is 4.63. The monoisotopic (exact) mass is 1650 g/mol. The van der Waals surface area contributed by atoms with Gasteiger partial charge >= 0.3 is 33.6 Å². The van der Waals surface area contributed by atoms with Crippen molar-refractivity contribution in [2.24, 2.45) is 0 Å². The van der Waals surface area contributed by atoms with E-state index in [1.165, 1.54) is 161 Å². The van der Waals surface area contributed by atoms with Crippen molar-refractivity contribution in [3.05, 3.63) is 158 Å². The van der Waals surface area contributed by atoms with Gasteiger partial charge in [-0.15, -0.1) is 0 Å². The Morgan fingerprint density at radius 1 is 0.252 bits per heavy atom. The fourth-order valence-corrected chi connectivity index (χ4v) is 13.9. The van der Waals surface area contributed by atoms with Gasteiger partial charge in [0.25, 0.3) is 0 Å². The van der Waals surface area contributed by atoms with Crippen LogP contribution < -0.4 is 0 Å². The van der Waals surface area contributed by atoms with Gasteiger partial charge in [-0.1, -0.05) is 365 Å². The first-order chi connectivity index (χ1) is 56.2. The van der Waals surface area contributed by atoms with Crippen molar-refractivity contribution in [1.82, 2.24) is 0 Å². The minimum absolute atomic E-state index is 0.0784. The van der Waals surface area contributed by atoms with Gasteiger partial charge in [-0.3, -0.25) is 32.5 Å². The summed E-state index contributed by atoms with van der Waals surface area (Å²) in [5.41, 5.74) is 0. The van der Waals surface area contributed by atoms with Crippen LogP contribution in [0.2, 0.25) is 0 Å². The SMILES string of the molecule is CC/C=C\C/C=C\C/C=C\C/C=C\C/C=C\CCCCCCCC(=O)OC(COC(=O)CCCCCCCCCCCCCCC/C=C\C/C=C\C/C=C\C/C=C\CCCCC)COP(=O)(O)OCC(O)COP(=O)(O)OCC(O)COC(=O)CCCCCCCCCCCCCCC/C=C\C/C=C\C/C=C\C/C=C\CCCCC. The second-order valence-corrected chi connectivity index (χ2v) is 33.3. The van der Waals surface area contributed by atoms with Crippen LogP contribution in [0, 0.1) is 0 Å². The minimum Gasteiger partial charge on any atom is -0.463 e. The summed E-state index contributed by atoms with van der Waals surface area (Å²) in [5, 5.41) is 20.7. The van der Waals surface area contributed by atoms with Crippen LogP contribution in [0.25, 0.3) is 0 Å². The number of ether oxygens (including phenoxy) is 3. The van der Waals surface area contributed by atoms with Gasteiger partial charge in [0.05, 0.1) is 26.4 Å². The summed E-state index contributed by atoms with van der Waals surface area (Å²) in [5.74, 6) is -1.59. The Morgan fingerprint density at radius 3 is 0.730 bits per heavy atom. The molecule has 0 saturated carbocycles. The molecule has 0 aromatic carbocycles. The number of hydrogen-bond acceptors (Lipinski definition) is 14. The van der Waals surface area contributed by atoms with Crippen molar-refractivity contribution < 1.29 is 75.8 Å². The van der Waals surface area contributed by atoms with Crippen LogP contribution in [0.15, 0.2) is 158 Å². The van der Waals surface area contributed by atoms with Crippen LogP contribution >= 0.6 is 15.6 Å². The average Bonchev–Trinajstić information content (AvgIpc) is 0.888. The Bertz CT molecular complexity index is 2720. The van der Waals surface area contributed by atoms with E-state index >= 15 is 0 Å². The van der Waals surface area contributed by atoms with Gasteiger partial charge in [-0.05, 0) is 154 Å². The van der Waals surface area contributed by atoms with E-state index < -0.39 is 91.5 Å². The molecule has 16 nitrogen and oxygen atoms in total. The molecular weight excluding hydrogens is 1480 g/mol. The van der Waals surface area contributed by atoms with E-state index in [1.54, 1.807) is 0 Å². The summed E-state index contributed by atoms with van der Waals surface area (Å²) in [6, 6.07) is 0. The number of rotatable bonds is 86. The molecule has 0 aliphatic carbocycles. The van der Waals surface area contributed by atoms with Crippen LogP contribution in [0.5, 0.6) is 0 Å². The van der Waals surface area contributed by atoms with Gasteiger partial charge in [-0.2, -0.15) is 0 Å². The Kier molecular flexibility index (Phi) is 84.7. The molecule has 18 heteroatoms. The topological polar surface area (TPSA) is 231 Å². The Labute approximate surface area is 701 Å². The highest BCUT2D eigenvalue weighted by Crippen LogP contribution is 2.45. The molecule has 5 unspecified atom stereocenters. The lowest BCUT2D eigenvalue weighted by Gasteiger charge is -2.21. The lowest BCUT2D eigenvalue weighted by Crippen LogP contribution is -2.30. The predicted molar refractivity (Wildman–Crippen MR) is 482 cm³/mol. The summed E-state index contributed by atoms with van der Waals surface area (Å²) >= 11 is 0. The normalized spacial score (nSPS) is 14.5. The van der Waals surface area contributed by atoms with Crippen molar-refractivity contribution in [2.75, 3.05) is 39.6 Å². The molecule has 0 aliphatic rings. The lowest BCUT2D eigenvalue weighted by atomic mass is 10.0. The second-order valence-electron chi connectivity index (χ2n) is 30.4. The molecule has 0 amide bonds. The summed E-state index contributed by atoms with van der Waals surface area (Å²) in [7, 11) is -9.82. The number of aliphatic hydroxyl groups is 2. The molecular formula is C97H166O16P2. The molecule has 0 rings (SSSR count). The molecule has 0 aromatic heterocycles. The number of carbonyl (C=O) groups is 3. The number of unbranched alkanes of at least 4 members (excludes halogenated alkanes) is 37. The van der Waals surface area contributed by atoms with Crippen LogP contribution in [-0.2, 0) is 55.8 Å². The molecule has 4 N–H and O–H groups in total. The van der Waals surface area contributed by atoms with Crippen LogP contribution in [0.4, 0.5) is 0 Å². The second kappa shape index (κ2) is 88.5. The standard InChI is InChI=1S/C97H166O16P2/c1-4-7-10-13-16-19-22-25-28-31-34-37-39-41-43-45-47-49-51-54-56-59-62-65-68-71-74-77-80-83-95(100)107-86-92(98)87-109-114(103,104)110-88-93(99)89-111-115(105,106)112-91-94(113-97(102)85-82-79-76-73-70-67-64-61-58-53-36-33-30-27-24-21-18-15-12-9-6-3)90-108-96(101)84-81-78-75-72-69-66-63-60-57-55-52-50-48-46-44-42-40-38-35-32-29-26-23-20-17-14-11-8-5-2/h9,12,16-21,25-30,34-38,41-44,53,61,64,92-94,98-99H,4-8,10-11,13-15,22-24,31-33,39-40,45-52,54-60,62-63,65-91H2,1-3H3,(H,103,104)(H,105,106)/b12-9-,19-16-,20-17-,21-18-,28-25-,29-26-,30-27-,37-34-,38-35-,43-41-,44-42-,53-36-,64-61-. The molecule has 0 saturated heterocycles. The third-order valence-corrected chi connectivity index (χ3v) is 21.1. The van der Waals surface area contributed by atoms with Crippen LogP contribution in [-0.4, -0.2) is 95.9 Å². The number of phosphoric acid groups is 2. The summed E-state index contributed by atoms with van der Waals surface area (Å²) in [6.45, 7) is 2.53. The molecule has 0 radical (unpaired) electrons. The minimum atomic E-state index is -4.95. The number of allylic oxidation sites excluding steroid dienone is 26. The van der Waals surface area contributed by atoms with Crippen molar-refractivity contribution in [2.45, 2.75) is 399 Å². The molecule has 0 spiro atoms. The van der Waals surface area contributed by atoms with E-state index in [4.69, 9.17) is 32.3 Å². The maximum atomic E-state index is 13.1. The smallest absolute Gasteiger partial charge is 0.463 e. The third-order valence-electron chi connectivity index (χ3n) is 19.2. The third kappa shape index (κ3) is 89.8. The van der Waals surface area contributed by atoms with Gasteiger partial charge < -0.3 is 34.2 Å². The highest BCUT2D eigenvalue weighted by molar-refractivity contribution is 7.47. The zero-order valence-corrected chi connectivity index (χ0v) is 74.5. The Morgan fingerprint density at radius 2 is 0.461 bits per heavy atom. The summed E-state index contributed by atoms with van der Waals surface area (Å²) in [6.07, 6.45) is 113. The molecule has 115 heavy (non-hydrogen) atoms. The highest BCUT2D eigenvalue weighted by atomic mass is 31.2. The molecule has 0 aliphatic heterocycles. The van der Waals surface area contributed by atoms with Crippen molar-refractivity contribution in [1.29, 1.82) is 0 Å². The lowest BCUT2D eigenvalue weighted by molar-refractivity contribution is -0.161. The predicted octanol–water partition coefficient (Wildman–Crippen LogP) is 28.1. The number of carbonyl (C=O) groups excluding carboxylic acids is 3. The van der Waals surface area contributed by atoms with Gasteiger partial charge in [0.1, 0.15) is 25.4 Å². The van der Waals surface area contributed by atoms with Crippen molar-refractivity contribution >= 4 is 33.6 Å². The first-order valence-corrected chi connectivity index (χ1v) is 48.8. The van der Waals surface area contributed by atoms with E-state index in [9.17, 15) is 43.5 Å². The number of phosphoric ester groups is 2. The zero-order chi connectivity index (χ0) is 83.6. The highest BCUT2D eigenvalue weighted by Gasteiger charge is 2.29. The number of esters is 3. The van der Waals surface area contributed by atoms with Crippen molar-refractivity contribution in [3.63, 3.8) is 0 Å². The first-order valence-electron chi connectivity index (χ1n) is 45.8. The van der Waals surface area contributed by atoms with E-state index in [0.717, 1.165) is 161 Å². The summed E-state index contributed by atoms with van der Waals surface area (Å²) < 4.78 is 61.5. The van der Waals surface area contributed by atoms with E-state index in [-0.39, 0.29) is 19.3 Å². The van der Waals surface area contributed by atoms with Gasteiger partial charge in [0, 0.05) is 19.3 Å². The van der Waals surface area contributed by atoms with E-state index in [1.807, 2.05) is 0 Å². The quantitative estimate of drug-likeness (QED) is 0.0146. The average molecular weight is 1650 g/mol. The molecule has 0 heterocycles. The van der Waals surface area contributed by atoms with Crippen LogP contribution in [0.3, 0.4) is 0 Å². The Hall–Kier alpha value is -4.83. The van der Waals surface area contributed by atoms with Gasteiger partial charge in [0.2, 0.25) is 0 Å². The number of hydrogen-bond donors (Lipinski definition) is 4. The van der Waals surface area contributed by atoms with E-state index in [0.29, 0.717) is 19.3 Å². The van der Waals surface area contributed by atoms with E-state index in [2.05, 4.69) is 179 Å². The first kappa shape index (κ1) is 110. The molecule has 0 bridgehead atoms. The molecule has 5 atom stereocenters. The maximum absolute atomic E-state index is 13.1. The molecule has 660 valence electrons. The fourth-order valence-electron chi connectivity index (χ4n) is 12.3. The summed E-state index contributed by atoms with van der Waals surface area (Å²) in [4.78, 5) is 59.0. The zero-order valence-electron chi connectivity index (χ0n) is 72.7. The van der Waals surface area contributed by atoms with Gasteiger partial charge in [0.15, 0.2) is 6.10 Å². The van der Waals surface area contributed by atoms with Gasteiger partial charge in [-0.25, -0.2) is 9.13 Å². The molecule has 0 aromatic rings. The molecule has 0 fully saturated rings. The number of aliphatic hydroxyl groups excluding tert-OH is 2. The fraction of sp³-hybridized carbons (Fsp3) is 0.701. The largest absolute Gasteiger partial charge is 0.472 e.